The zero-order chi connectivity index (χ0) is 20.8. The number of thiazole rings is 1. The lowest BCUT2D eigenvalue weighted by molar-refractivity contribution is 0.866. The van der Waals surface area contributed by atoms with Crippen LogP contribution in [-0.2, 0) is 0 Å². The van der Waals surface area contributed by atoms with Crippen LogP contribution in [0.4, 0.5) is 5.69 Å². The van der Waals surface area contributed by atoms with Crippen LogP contribution in [0.1, 0.15) is 24.4 Å². The lowest BCUT2D eigenvalue weighted by Crippen LogP contribution is -2.21. The zero-order valence-electron chi connectivity index (χ0n) is 17.5. The van der Waals surface area contributed by atoms with Gasteiger partial charge in [0.25, 0.3) is 0 Å². The summed E-state index contributed by atoms with van der Waals surface area (Å²) in [4.78, 5) is 8.53. The van der Waals surface area contributed by atoms with Gasteiger partial charge in [-0.2, -0.15) is 0 Å². The molecule has 0 spiro atoms. The molecule has 0 aliphatic carbocycles. The number of benzene rings is 3. The second-order valence-electron chi connectivity index (χ2n) is 7.06. The molecule has 150 valence electrons. The van der Waals surface area contributed by atoms with Crippen molar-refractivity contribution in [1.82, 2.24) is 4.98 Å². The molecule has 1 aromatic heterocycles. The third-order valence-corrected chi connectivity index (χ3v) is 6.24. The minimum atomic E-state index is 1.01. The molecule has 30 heavy (non-hydrogen) atoms. The van der Waals surface area contributed by atoms with Gasteiger partial charge in [0.2, 0.25) is 0 Å². The molecule has 0 saturated carbocycles. The first-order valence-corrected chi connectivity index (χ1v) is 11.2. The van der Waals surface area contributed by atoms with Crippen molar-refractivity contribution >= 4 is 29.2 Å². The van der Waals surface area contributed by atoms with Crippen LogP contribution in [0.25, 0.3) is 33.9 Å². The van der Waals surface area contributed by atoms with Crippen molar-refractivity contribution in [3.05, 3.63) is 95.5 Å². The quantitative estimate of drug-likeness (QED) is 0.314. The van der Waals surface area contributed by atoms with Gasteiger partial charge in [0.1, 0.15) is 5.01 Å². The number of anilines is 1. The SMILES string of the molecule is CCN(CC)c1ccc(C=Cc2nc(-c3ccccc3)c(-c3ccccc3)s2)cc1. The van der Waals surface area contributed by atoms with Crippen LogP contribution in [0, 0.1) is 0 Å². The maximum atomic E-state index is 4.97. The summed E-state index contributed by atoms with van der Waals surface area (Å²) in [6.45, 7) is 6.42. The van der Waals surface area contributed by atoms with Gasteiger partial charge in [-0.1, -0.05) is 78.9 Å². The average Bonchev–Trinajstić information content (AvgIpc) is 3.25. The molecule has 3 aromatic carbocycles. The minimum absolute atomic E-state index is 1.01. The Morgan fingerprint density at radius 1 is 0.733 bits per heavy atom. The molecule has 0 bridgehead atoms. The van der Waals surface area contributed by atoms with E-state index in [0.717, 1.165) is 29.4 Å². The number of aromatic nitrogens is 1. The van der Waals surface area contributed by atoms with Crippen LogP contribution in [0.15, 0.2) is 84.9 Å². The van der Waals surface area contributed by atoms with Gasteiger partial charge in [0, 0.05) is 24.3 Å². The van der Waals surface area contributed by atoms with E-state index in [1.54, 1.807) is 11.3 Å². The topological polar surface area (TPSA) is 16.1 Å². The van der Waals surface area contributed by atoms with E-state index in [4.69, 9.17) is 4.98 Å². The van der Waals surface area contributed by atoms with E-state index < -0.39 is 0 Å². The molecule has 0 saturated heterocycles. The van der Waals surface area contributed by atoms with E-state index >= 15 is 0 Å². The van der Waals surface area contributed by atoms with Crippen LogP contribution >= 0.6 is 11.3 Å². The van der Waals surface area contributed by atoms with E-state index in [1.165, 1.54) is 21.7 Å². The first-order chi connectivity index (χ1) is 14.8. The van der Waals surface area contributed by atoms with Gasteiger partial charge in [-0.15, -0.1) is 11.3 Å². The molecule has 0 fully saturated rings. The first kappa shape index (κ1) is 20.1. The van der Waals surface area contributed by atoms with Crippen molar-refractivity contribution in [2.24, 2.45) is 0 Å². The highest BCUT2D eigenvalue weighted by molar-refractivity contribution is 7.16. The third-order valence-electron chi connectivity index (χ3n) is 5.17. The highest BCUT2D eigenvalue weighted by atomic mass is 32.1. The van der Waals surface area contributed by atoms with Gasteiger partial charge >= 0.3 is 0 Å². The van der Waals surface area contributed by atoms with Crippen LogP contribution in [0.2, 0.25) is 0 Å². The lowest BCUT2D eigenvalue weighted by Gasteiger charge is -2.20. The van der Waals surface area contributed by atoms with Gasteiger partial charge < -0.3 is 4.90 Å². The summed E-state index contributed by atoms with van der Waals surface area (Å²) >= 11 is 1.74. The average molecular weight is 411 g/mol. The van der Waals surface area contributed by atoms with Crippen LogP contribution in [0.5, 0.6) is 0 Å². The van der Waals surface area contributed by atoms with Gasteiger partial charge in [-0.05, 0) is 43.2 Å². The molecule has 0 aliphatic heterocycles. The molecule has 0 aliphatic rings. The monoisotopic (exact) mass is 410 g/mol. The van der Waals surface area contributed by atoms with Crippen molar-refractivity contribution < 1.29 is 0 Å². The van der Waals surface area contributed by atoms with E-state index in [-0.39, 0.29) is 0 Å². The predicted molar refractivity (Wildman–Crippen MR) is 132 cm³/mol. The van der Waals surface area contributed by atoms with Crippen molar-refractivity contribution in [3.8, 4) is 21.7 Å². The fourth-order valence-corrected chi connectivity index (χ4v) is 4.53. The maximum absolute atomic E-state index is 4.97. The summed E-state index contributed by atoms with van der Waals surface area (Å²) in [5.74, 6) is 0. The highest BCUT2D eigenvalue weighted by Gasteiger charge is 2.13. The van der Waals surface area contributed by atoms with E-state index in [2.05, 4.69) is 110 Å². The zero-order valence-corrected chi connectivity index (χ0v) is 18.3. The largest absolute Gasteiger partial charge is 0.372 e. The molecule has 0 atom stereocenters. The van der Waals surface area contributed by atoms with Crippen LogP contribution in [-0.4, -0.2) is 18.1 Å². The van der Waals surface area contributed by atoms with Gasteiger partial charge in [-0.25, -0.2) is 4.98 Å². The molecule has 3 heteroatoms. The molecule has 0 amide bonds. The molecule has 0 radical (unpaired) electrons. The fraction of sp³-hybridized carbons (Fsp3) is 0.148. The summed E-state index contributed by atoms with van der Waals surface area (Å²) in [5, 5.41) is 1.01. The Morgan fingerprint density at radius 2 is 1.33 bits per heavy atom. The van der Waals surface area contributed by atoms with E-state index in [1.807, 2.05) is 6.07 Å². The summed E-state index contributed by atoms with van der Waals surface area (Å²) < 4.78 is 0. The highest BCUT2D eigenvalue weighted by Crippen LogP contribution is 2.37. The molecule has 4 aromatic rings. The summed E-state index contributed by atoms with van der Waals surface area (Å²) in [5.41, 5.74) is 5.85. The molecule has 2 nitrogen and oxygen atoms in total. The van der Waals surface area contributed by atoms with Gasteiger partial charge in [0.15, 0.2) is 0 Å². The summed E-state index contributed by atoms with van der Waals surface area (Å²) in [6.07, 6.45) is 4.27. The lowest BCUT2D eigenvalue weighted by atomic mass is 10.1. The van der Waals surface area contributed by atoms with E-state index in [0.29, 0.717) is 0 Å². The second-order valence-corrected chi connectivity index (χ2v) is 8.09. The minimum Gasteiger partial charge on any atom is -0.372 e. The standard InChI is InChI=1S/C27H26N2S/c1-3-29(4-2)24-18-15-21(16-19-24)17-20-25-28-26(22-11-7-5-8-12-22)27(30-25)23-13-9-6-10-14-23/h5-20H,3-4H2,1-2H3. The van der Waals surface area contributed by atoms with Crippen molar-refractivity contribution in [3.63, 3.8) is 0 Å². The number of hydrogen-bond acceptors (Lipinski definition) is 3. The number of rotatable bonds is 7. The van der Waals surface area contributed by atoms with Crippen molar-refractivity contribution in [1.29, 1.82) is 0 Å². The van der Waals surface area contributed by atoms with Crippen molar-refractivity contribution in [2.75, 3.05) is 18.0 Å². The normalized spacial score (nSPS) is 11.1. The van der Waals surface area contributed by atoms with Gasteiger partial charge in [-0.3, -0.25) is 0 Å². The first-order valence-electron chi connectivity index (χ1n) is 10.4. The van der Waals surface area contributed by atoms with Gasteiger partial charge in [0.05, 0.1) is 10.6 Å². The molecular formula is C27H26N2S. The Labute approximate surface area is 183 Å². The Morgan fingerprint density at radius 3 is 1.93 bits per heavy atom. The molecule has 1 heterocycles. The van der Waals surface area contributed by atoms with Crippen molar-refractivity contribution in [2.45, 2.75) is 13.8 Å². The Kier molecular flexibility index (Phi) is 6.41. The summed E-state index contributed by atoms with van der Waals surface area (Å²) in [7, 11) is 0. The van der Waals surface area contributed by atoms with Crippen LogP contribution < -0.4 is 4.90 Å². The molecule has 4 rings (SSSR count). The Bertz CT molecular complexity index is 1040. The fourth-order valence-electron chi connectivity index (χ4n) is 3.54. The van der Waals surface area contributed by atoms with Crippen LogP contribution in [0.3, 0.4) is 0 Å². The van der Waals surface area contributed by atoms with E-state index in [9.17, 15) is 0 Å². The molecular weight excluding hydrogens is 384 g/mol. The Hall–Kier alpha value is -3.17. The molecule has 0 unspecified atom stereocenters. The smallest absolute Gasteiger partial charge is 0.117 e. The number of hydrogen-bond donors (Lipinski definition) is 0. The maximum Gasteiger partial charge on any atom is 0.117 e. The second kappa shape index (κ2) is 9.55. The summed E-state index contributed by atoms with van der Waals surface area (Å²) in [6, 6.07) is 29.7. The third kappa shape index (κ3) is 4.52. The molecule has 0 N–H and O–H groups in total. The Balaban J connectivity index is 1.64. The number of nitrogens with zero attached hydrogens (tertiary/aromatic N) is 2. The predicted octanol–water partition coefficient (Wildman–Crippen LogP) is 7.49.